The van der Waals surface area contributed by atoms with Crippen LogP contribution in [0.5, 0.6) is 0 Å². The zero-order valence-electron chi connectivity index (χ0n) is 12.2. The average molecular weight is 372 g/mol. The van der Waals surface area contributed by atoms with Crippen molar-refractivity contribution in [3.05, 3.63) is 78.0 Å². The third-order valence-corrected chi connectivity index (χ3v) is 5.47. The van der Waals surface area contributed by atoms with Gasteiger partial charge in [-0.05, 0) is 41.3 Å². The zero-order chi connectivity index (χ0) is 16.5. The highest BCUT2D eigenvalue weighted by Crippen LogP contribution is 2.16. The maximum atomic E-state index is 12.5. The number of aromatic nitrogens is 3. The van der Waals surface area contributed by atoms with Crippen LogP contribution in [0.3, 0.4) is 0 Å². The molecule has 0 saturated heterocycles. The van der Waals surface area contributed by atoms with E-state index in [0.29, 0.717) is 20.3 Å². The zero-order valence-corrected chi connectivity index (χ0v) is 14.6. The van der Waals surface area contributed by atoms with Crippen molar-refractivity contribution in [3.8, 4) is 0 Å². The summed E-state index contributed by atoms with van der Waals surface area (Å²) in [6.45, 7) is 0. The Bertz CT molecular complexity index is 1140. The summed E-state index contributed by atoms with van der Waals surface area (Å²) >= 11 is 9.08. The maximum absolute atomic E-state index is 12.5. The molecule has 3 heterocycles. The Morgan fingerprint density at radius 2 is 2.00 bits per heavy atom. The van der Waals surface area contributed by atoms with Crippen LogP contribution in [0.15, 0.2) is 46.6 Å². The van der Waals surface area contributed by atoms with Crippen LogP contribution in [0.25, 0.3) is 23.2 Å². The van der Waals surface area contributed by atoms with E-state index in [0.717, 1.165) is 10.4 Å². The van der Waals surface area contributed by atoms with E-state index in [9.17, 15) is 4.79 Å². The summed E-state index contributed by atoms with van der Waals surface area (Å²) in [6, 6.07) is 11.4. The van der Waals surface area contributed by atoms with Crippen molar-refractivity contribution in [1.29, 1.82) is 0 Å². The molecule has 7 heteroatoms. The molecule has 0 aliphatic heterocycles. The van der Waals surface area contributed by atoms with Gasteiger partial charge in [-0.25, -0.2) is 0 Å². The predicted molar refractivity (Wildman–Crippen MR) is 101 cm³/mol. The number of fused-ring (bicyclic) bond motifs is 1. The van der Waals surface area contributed by atoms with Crippen LogP contribution in [0.1, 0.15) is 16.3 Å². The summed E-state index contributed by atoms with van der Waals surface area (Å²) < 4.78 is 1.90. The predicted octanol–water partition coefficient (Wildman–Crippen LogP) is 3.58. The fourth-order valence-corrected chi connectivity index (χ4v) is 3.91. The van der Waals surface area contributed by atoms with Gasteiger partial charge in [-0.1, -0.05) is 47.2 Å². The van der Waals surface area contributed by atoms with Crippen molar-refractivity contribution in [3.63, 3.8) is 0 Å². The van der Waals surface area contributed by atoms with Crippen molar-refractivity contribution in [2.24, 2.45) is 0 Å². The van der Waals surface area contributed by atoms with E-state index in [1.54, 1.807) is 23.5 Å². The van der Waals surface area contributed by atoms with Gasteiger partial charge in [0.25, 0.3) is 5.56 Å². The number of nitrogens with zero attached hydrogens (tertiary/aromatic N) is 3. The first-order valence-corrected chi connectivity index (χ1v) is 9.15. The largest absolute Gasteiger partial charge is 0.291 e. The molecule has 0 saturated carbocycles. The molecular weight excluding hydrogens is 362 g/mol. The molecule has 3 aromatic heterocycles. The van der Waals surface area contributed by atoms with Gasteiger partial charge in [0.2, 0.25) is 4.96 Å². The van der Waals surface area contributed by atoms with Crippen LogP contribution in [-0.4, -0.2) is 14.6 Å². The molecule has 0 fully saturated rings. The summed E-state index contributed by atoms with van der Waals surface area (Å²) in [5.74, 6) is 0.524. The fourth-order valence-electron chi connectivity index (χ4n) is 2.20. The normalized spacial score (nSPS) is 12.6. The summed E-state index contributed by atoms with van der Waals surface area (Å²) in [5, 5.41) is 6.88. The topological polar surface area (TPSA) is 47.3 Å². The van der Waals surface area contributed by atoms with E-state index in [4.69, 9.17) is 11.6 Å². The second-order valence-corrected chi connectivity index (χ2v) is 7.35. The molecule has 0 radical (unpaired) electrons. The molecule has 0 unspecified atom stereocenters. The number of halogens is 1. The molecule has 0 amide bonds. The molecule has 0 bridgehead atoms. The lowest BCUT2D eigenvalue weighted by molar-refractivity contribution is 0.925. The quantitative estimate of drug-likeness (QED) is 0.553. The van der Waals surface area contributed by atoms with Gasteiger partial charge in [0.15, 0.2) is 5.82 Å². The second-order valence-electron chi connectivity index (χ2n) is 4.95. The fraction of sp³-hybridized carbons (Fsp3) is 0. The van der Waals surface area contributed by atoms with Crippen molar-refractivity contribution < 1.29 is 0 Å². The van der Waals surface area contributed by atoms with Gasteiger partial charge in [-0.3, -0.25) is 4.79 Å². The van der Waals surface area contributed by atoms with E-state index in [-0.39, 0.29) is 5.56 Å². The molecule has 1 aromatic carbocycles. The van der Waals surface area contributed by atoms with Crippen LogP contribution in [0, 0.1) is 0 Å². The second kappa shape index (κ2) is 6.32. The lowest BCUT2D eigenvalue weighted by Gasteiger charge is -1.94. The first kappa shape index (κ1) is 15.3. The minimum absolute atomic E-state index is 0.182. The highest BCUT2D eigenvalue weighted by Gasteiger charge is 2.09. The molecular formula is C17H10ClN3OS2. The van der Waals surface area contributed by atoms with Crippen LogP contribution in [0.2, 0.25) is 5.02 Å². The van der Waals surface area contributed by atoms with Gasteiger partial charge in [-0.15, -0.1) is 16.4 Å². The standard InChI is InChI=1S/C17H10ClN3OS2/c18-13-6-2-1-4-11(13)10-14-16(22)21-17(24-14)19-15(20-21)8-7-12-5-3-9-23-12/h1-10H/b8-7+,14-10+. The van der Waals surface area contributed by atoms with Crippen LogP contribution in [0.4, 0.5) is 0 Å². The molecule has 0 aliphatic carbocycles. The summed E-state index contributed by atoms with van der Waals surface area (Å²) in [5.41, 5.74) is 0.622. The Kier molecular flexibility index (Phi) is 4.02. The van der Waals surface area contributed by atoms with Crippen molar-refractivity contribution in [2.45, 2.75) is 0 Å². The Morgan fingerprint density at radius 3 is 2.75 bits per heavy atom. The highest BCUT2D eigenvalue weighted by molar-refractivity contribution is 7.15. The number of hydrogen-bond donors (Lipinski definition) is 0. The Morgan fingerprint density at radius 1 is 1.12 bits per heavy atom. The third kappa shape index (κ3) is 2.91. The molecule has 0 atom stereocenters. The van der Waals surface area contributed by atoms with E-state index >= 15 is 0 Å². The monoisotopic (exact) mass is 371 g/mol. The minimum atomic E-state index is -0.182. The highest BCUT2D eigenvalue weighted by atomic mass is 35.5. The maximum Gasteiger partial charge on any atom is 0.291 e. The smallest absolute Gasteiger partial charge is 0.266 e. The number of benzene rings is 1. The summed E-state index contributed by atoms with van der Waals surface area (Å²) in [7, 11) is 0. The lowest BCUT2D eigenvalue weighted by atomic mass is 10.2. The van der Waals surface area contributed by atoms with Gasteiger partial charge >= 0.3 is 0 Å². The summed E-state index contributed by atoms with van der Waals surface area (Å²) in [4.78, 5) is 18.5. The van der Waals surface area contributed by atoms with Crippen molar-refractivity contribution in [2.75, 3.05) is 0 Å². The van der Waals surface area contributed by atoms with Crippen LogP contribution in [-0.2, 0) is 0 Å². The average Bonchev–Trinajstić information content (AvgIpc) is 3.27. The number of rotatable bonds is 3. The van der Waals surface area contributed by atoms with Gasteiger partial charge in [0.1, 0.15) is 0 Å². The molecule has 0 N–H and O–H groups in total. The van der Waals surface area contributed by atoms with Crippen molar-refractivity contribution in [1.82, 2.24) is 14.6 Å². The SMILES string of the molecule is O=c1/c(=C\c2ccccc2Cl)sc2nc(/C=C/c3cccs3)nn12. The Labute approximate surface area is 150 Å². The summed E-state index contributed by atoms with van der Waals surface area (Å²) in [6.07, 6.45) is 5.51. The first-order valence-electron chi connectivity index (χ1n) is 7.08. The molecule has 0 aliphatic rings. The minimum Gasteiger partial charge on any atom is -0.266 e. The molecule has 24 heavy (non-hydrogen) atoms. The van der Waals surface area contributed by atoms with Gasteiger partial charge in [-0.2, -0.15) is 9.50 Å². The van der Waals surface area contributed by atoms with E-state index in [2.05, 4.69) is 10.1 Å². The van der Waals surface area contributed by atoms with E-state index in [1.807, 2.05) is 47.9 Å². The van der Waals surface area contributed by atoms with Crippen LogP contribution < -0.4 is 10.1 Å². The van der Waals surface area contributed by atoms with Gasteiger partial charge in [0, 0.05) is 9.90 Å². The molecule has 0 spiro atoms. The Balaban J connectivity index is 1.74. The first-order chi connectivity index (χ1) is 11.7. The molecule has 118 valence electrons. The van der Waals surface area contributed by atoms with Crippen molar-refractivity contribution >= 4 is 57.5 Å². The number of thiazole rings is 1. The Hall–Kier alpha value is -2.28. The van der Waals surface area contributed by atoms with Gasteiger partial charge < -0.3 is 0 Å². The van der Waals surface area contributed by atoms with Crippen LogP contribution >= 0.6 is 34.3 Å². The number of thiophene rings is 1. The molecule has 4 aromatic rings. The van der Waals surface area contributed by atoms with Gasteiger partial charge in [0.05, 0.1) is 4.53 Å². The number of hydrogen-bond acceptors (Lipinski definition) is 5. The third-order valence-electron chi connectivity index (χ3n) is 3.33. The van der Waals surface area contributed by atoms with E-state index in [1.165, 1.54) is 15.9 Å². The lowest BCUT2D eigenvalue weighted by Crippen LogP contribution is -2.23. The molecule has 4 nitrogen and oxygen atoms in total. The van der Waals surface area contributed by atoms with E-state index < -0.39 is 0 Å². The molecule has 4 rings (SSSR count).